The van der Waals surface area contributed by atoms with E-state index in [1.54, 1.807) is 30.3 Å². The summed E-state index contributed by atoms with van der Waals surface area (Å²) < 4.78 is 11.9. The number of carbonyl (C=O) groups excluding carboxylic acids is 3. The summed E-state index contributed by atoms with van der Waals surface area (Å²) >= 11 is 3.27. The van der Waals surface area contributed by atoms with Gasteiger partial charge in [0.25, 0.3) is 0 Å². The molecule has 8 rings (SSSR count). The Morgan fingerprint density at radius 3 is 2.10 bits per heavy atom. The highest BCUT2D eigenvalue weighted by Crippen LogP contribution is 2.47. The molecule has 52 heavy (non-hydrogen) atoms. The van der Waals surface area contributed by atoms with Crippen LogP contribution in [0, 0.1) is 25.7 Å². The molecule has 0 N–H and O–H groups in total. The van der Waals surface area contributed by atoms with Crippen molar-refractivity contribution < 1.29 is 23.9 Å². The van der Waals surface area contributed by atoms with E-state index in [0.29, 0.717) is 16.3 Å². The molecule has 0 bridgehead atoms. The van der Waals surface area contributed by atoms with E-state index < -0.39 is 30.0 Å². The van der Waals surface area contributed by atoms with Gasteiger partial charge in [-0.3, -0.25) is 9.59 Å². The first kappa shape index (κ1) is 34.0. The fourth-order valence-corrected chi connectivity index (χ4v) is 9.69. The van der Waals surface area contributed by atoms with Crippen molar-refractivity contribution in [1.29, 1.82) is 0 Å². The first-order chi connectivity index (χ1) is 25.3. The van der Waals surface area contributed by atoms with Gasteiger partial charge in [-0.1, -0.05) is 78.9 Å². The average Bonchev–Trinajstić information content (AvgIpc) is 3.99. The molecule has 4 unspecified atom stereocenters. The molecule has 4 atom stereocenters. The molecule has 2 saturated heterocycles. The fraction of sp³-hybridized carbons (Fsp3) is 0.205. The SMILES string of the molecule is C=CC1OC(/C=C/c2ccccc2)C2C(=O)N(c3ccc(OC(=O)c4cc(C5=C(c6cc(-c7ccccc7)sc6C)CCC5)c(C)s4)cc3)C(=O)C12. The van der Waals surface area contributed by atoms with Crippen molar-refractivity contribution in [2.24, 2.45) is 11.8 Å². The predicted octanol–water partition coefficient (Wildman–Crippen LogP) is 10.2. The summed E-state index contributed by atoms with van der Waals surface area (Å²) in [5.41, 5.74) is 7.72. The van der Waals surface area contributed by atoms with E-state index >= 15 is 0 Å². The van der Waals surface area contributed by atoms with E-state index in [1.807, 2.05) is 66.0 Å². The Balaban J connectivity index is 0.982. The molecule has 0 radical (unpaired) electrons. The Labute approximate surface area is 311 Å². The summed E-state index contributed by atoms with van der Waals surface area (Å²) in [7, 11) is 0. The summed E-state index contributed by atoms with van der Waals surface area (Å²) in [6, 6.07) is 31.1. The lowest BCUT2D eigenvalue weighted by Crippen LogP contribution is -2.35. The molecular formula is C44H37NO5S2. The van der Waals surface area contributed by atoms with Crippen LogP contribution in [0.2, 0.25) is 0 Å². The van der Waals surface area contributed by atoms with Crippen molar-refractivity contribution >= 4 is 63.4 Å². The number of carbonyl (C=O) groups is 3. The molecule has 4 heterocycles. The molecule has 3 aromatic carbocycles. The number of fused-ring (bicyclic) bond motifs is 1. The van der Waals surface area contributed by atoms with E-state index in [1.165, 1.54) is 48.3 Å². The fourth-order valence-electron chi connectivity index (χ4n) is 7.71. The zero-order valence-electron chi connectivity index (χ0n) is 28.9. The van der Waals surface area contributed by atoms with Crippen molar-refractivity contribution in [2.75, 3.05) is 4.90 Å². The molecule has 8 heteroatoms. The second-order valence-electron chi connectivity index (χ2n) is 13.4. The minimum atomic E-state index is -0.658. The first-order valence-corrected chi connectivity index (χ1v) is 19.1. The van der Waals surface area contributed by atoms with Gasteiger partial charge in [0, 0.05) is 14.6 Å². The number of amides is 2. The van der Waals surface area contributed by atoms with Gasteiger partial charge in [0.1, 0.15) is 10.6 Å². The van der Waals surface area contributed by atoms with Crippen molar-refractivity contribution in [3.8, 4) is 16.2 Å². The van der Waals surface area contributed by atoms with E-state index in [-0.39, 0.29) is 11.8 Å². The summed E-state index contributed by atoms with van der Waals surface area (Å²) in [6.07, 6.45) is 7.27. The van der Waals surface area contributed by atoms with Crippen LogP contribution in [0.15, 0.2) is 116 Å². The number of rotatable bonds is 9. The monoisotopic (exact) mass is 723 g/mol. The number of allylic oxidation sites excluding steroid dienone is 2. The third-order valence-corrected chi connectivity index (χ3v) is 12.3. The standard InChI is InChI=1S/C44H37NO5S2/c1-4-36-40-41(37(50-36)23-18-28-12-7-5-8-13-28)43(47)45(42(40)46)30-19-21-31(22-20-30)49-44(48)39-25-35(27(3)52-39)33-17-11-16-32(33)34-24-38(51-26(34)2)29-14-9-6-10-15-29/h4-10,12-15,18-25,36-37,40-41H,1,11,16-17H2,2-3H3/b23-18+. The number of benzene rings is 3. The van der Waals surface area contributed by atoms with Crippen molar-refractivity contribution in [1.82, 2.24) is 0 Å². The number of hydrogen-bond acceptors (Lipinski definition) is 7. The van der Waals surface area contributed by atoms with Gasteiger partial charge >= 0.3 is 5.97 Å². The largest absolute Gasteiger partial charge is 0.422 e. The van der Waals surface area contributed by atoms with Crippen LogP contribution in [0.25, 0.3) is 27.7 Å². The minimum Gasteiger partial charge on any atom is -0.422 e. The Hall–Kier alpha value is -5.15. The highest BCUT2D eigenvalue weighted by Gasteiger charge is 2.58. The smallest absolute Gasteiger partial charge is 0.353 e. The van der Waals surface area contributed by atoms with Crippen molar-refractivity contribution in [3.05, 3.63) is 147 Å². The number of nitrogens with zero attached hydrogens (tertiary/aromatic N) is 1. The lowest BCUT2D eigenvalue weighted by Gasteiger charge is -2.19. The summed E-state index contributed by atoms with van der Waals surface area (Å²) in [5, 5.41) is 0. The topological polar surface area (TPSA) is 72.9 Å². The van der Waals surface area contributed by atoms with Gasteiger partial charge in [-0.15, -0.1) is 29.3 Å². The first-order valence-electron chi connectivity index (χ1n) is 17.5. The van der Waals surface area contributed by atoms with E-state index in [2.05, 4.69) is 50.8 Å². The van der Waals surface area contributed by atoms with Crippen LogP contribution in [-0.2, 0) is 14.3 Å². The highest BCUT2D eigenvalue weighted by atomic mass is 32.1. The van der Waals surface area contributed by atoms with Crippen LogP contribution >= 0.6 is 22.7 Å². The van der Waals surface area contributed by atoms with Crippen LogP contribution in [0.4, 0.5) is 5.69 Å². The molecule has 2 fully saturated rings. The minimum absolute atomic E-state index is 0.317. The third kappa shape index (κ3) is 6.21. The lowest BCUT2D eigenvalue weighted by atomic mass is 9.89. The maximum absolute atomic E-state index is 13.7. The average molecular weight is 724 g/mol. The molecule has 260 valence electrons. The molecular weight excluding hydrogens is 687 g/mol. The summed E-state index contributed by atoms with van der Waals surface area (Å²) in [4.78, 5) is 46.2. The second-order valence-corrected chi connectivity index (χ2v) is 15.9. The number of imide groups is 1. The molecule has 2 aliphatic heterocycles. The van der Waals surface area contributed by atoms with Crippen molar-refractivity contribution in [3.63, 3.8) is 0 Å². The zero-order valence-corrected chi connectivity index (χ0v) is 30.5. The van der Waals surface area contributed by atoms with Crippen LogP contribution in [-0.4, -0.2) is 30.0 Å². The number of thiophene rings is 2. The molecule has 0 spiro atoms. The highest BCUT2D eigenvalue weighted by molar-refractivity contribution is 7.15. The molecule has 0 saturated carbocycles. The van der Waals surface area contributed by atoms with Gasteiger partial charge in [0.2, 0.25) is 11.8 Å². The second kappa shape index (κ2) is 14.1. The van der Waals surface area contributed by atoms with Gasteiger partial charge in [0.05, 0.1) is 29.7 Å². The number of hydrogen-bond donors (Lipinski definition) is 0. The maximum atomic E-state index is 13.7. The number of aryl methyl sites for hydroxylation is 2. The third-order valence-electron chi connectivity index (χ3n) is 10.2. The zero-order chi connectivity index (χ0) is 35.9. The van der Waals surface area contributed by atoms with Gasteiger partial charge in [-0.2, -0.15) is 0 Å². The van der Waals surface area contributed by atoms with Crippen LogP contribution < -0.4 is 9.64 Å². The van der Waals surface area contributed by atoms with Gasteiger partial charge < -0.3 is 9.47 Å². The van der Waals surface area contributed by atoms with Crippen LogP contribution in [0.1, 0.15) is 55.4 Å². The molecule has 2 amide bonds. The van der Waals surface area contributed by atoms with Crippen LogP contribution in [0.3, 0.4) is 0 Å². The summed E-state index contributed by atoms with van der Waals surface area (Å²) in [6.45, 7) is 8.11. The maximum Gasteiger partial charge on any atom is 0.353 e. The van der Waals surface area contributed by atoms with Gasteiger partial charge in [0.15, 0.2) is 0 Å². The predicted molar refractivity (Wildman–Crippen MR) is 209 cm³/mol. The summed E-state index contributed by atoms with van der Waals surface area (Å²) in [5.74, 6) is -2.06. The Morgan fingerprint density at radius 1 is 0.808 bits per heavy atom. The quantitative estimate of drug-likeness (QED) is 0.0655. The van der Waals surface area contributed by atoms with Crippen LogP contribution in [0.5, 0.6) is 5.75 Å². The number of esters is 1. The van der Waals surface area contributed by atoms with E-state index in [4.69, 9.17) is 9.47 Å². The number of anilines is 1. The van der Waals surface area contributed by atoms with E-state index in [0.717, 1.165) is 35.3 Å². The molecule has 1 aliphatic carbocycles. The lowest BCUT2D eigenvalue weighted by molar-refractivity contribution is -0.124. The van der Waals surface area contributed by atoms with Crippen molar-refractivity contribution in [2.45, 2.75) is 45.3 Å². The molecule has 3 aliphatic rings. The van der Waals surface area contributed by atoms with E-state index in [9.17, 15) is 14.4 Å². The Morgan fingerprint density at radius 2 is 1.42 bits per heavy atom. The molecule has 2 aromatic heterocycles. The van der Waals surface area contributed by atoms with Gasteiger partial charge in [-0.25, -0.2) is 9.69 Å². The van der Waals surface area contributed by atoms with Gasteiger partial charge in [-0.05, 0) is 103 Å². The molecule has 6 nitrogen and oxygen atoms in total. The Bertz CT molecular complexity index is 2250. The molecule has 5 aromatic rings. The number of ether oxygens (including phenoxy) is 2. The Kier molecular flexibility index (Phi) is 9.22. The normalized spacial score (nSPS) is 21.4.